The van der Waals surface area contributed by atoms with Gasteiger partial charge in [0.15, 0.2) is 0 Å². The van der Waals surface area contributed by atoms with Crippen LogP contribution in [0.4, 0.5) is 0 Å². The first kappa shape index (κ1) is 10.0. The maximum atomic E-state index is 9.09. The van der Waals surface area contributed by atoms with Crippen LogP contribution < -0.4 is 5.73 Å². The lowest BCUT2D eigenvalue weighted by atomic mass is 9.74. The van der Waals surface area contributed by atoms with Gasteiger partial charge in [0.25, 0.3) is 0 Å². The summed E-state index contributed by atoms with van der Waals surface area (Å²) in [6, 6.07) is 0. The molecule has 1 saturated carbocycles. The van der Waals surface area contributed by atoms with Gasteiger partial charge in [-0.15, -0.1) is 0 Å². The van der Waals surface area contributed by atoms with Crippen LogP contribution in [0.3, 0.4) is 0 Å². The zero-order valence-corrected chi connectivity index (χ0v) is 8.21. The predicted molar refractivity (Wildman–Crippen MR) is 50.8 cm³/mol. The summed E-state index contributed by atoms with van der Waals surface area (Å²) in [5.41, 5.74) is 5.64. The molecule has 0 aromatic heterocycles. The van der Waals surface area contributed by atoms with Gasteiger partial charge in [0.1, 0.15) is 0 Å². The third-order valence-electron chi connectivity index (χ3n) is 3.29. The number of aliphatic hydroxyl groups excluding tert-OH is 1. The molecule has 1 atom stereocenters. The molecule has 1 aliphatic rings. The second kappa shape index (κ2) is 3.75. The number of hydrogen-bond acceptors (Lipinski definition) is 2. The molecule has 0 aromatic rings. The number of nitrogens with two attached hydrogens (primary N) is 1. The minimum absolute atomic E-state index is 0.117. The lowest BCUT2D eigenvalue weighted by Gasteiger charge is -2.37. The first-order valence-corrected chi connectivity index (χ1v) is 4.96. The molecule has 0 bridgehead atoms. The van der Waals surface area contributed by atoms with E-state index in [4.69, 9.17) is 10.8 Å². The summed E-state index contributed by atoms with van der Waals surface area (Å²) in [6.45, 7) is 4.38. The van der Waals surface area contributed by atoms with E-state index < -0.39 is 0 Å². The van der Waals surface area contributed by atoms with E-state index in [1.54, 1.807) is 0 Å². The zero-order chi connectivity index (χ0) is 9.19. The minimum Gasteiger partial charge on any atom is -0.394 e. The fourth-order valence-electron chi connectivity index (χ4n) is 2.05. The van der Waals surface area contributed by atoms with Gasteiger partial charge in [0, 0.05) is 5.54 Å². The van der Waals surface area contributed by atoms with Gasteiger partial charge in [-0.05, 0) is 31.6 Å². The van der Waals surface area contributed by atoms with E-state index >= 15 is 0 Å². The Labute approximate surface area is 75.2 Å². The maximum Gasteiger partial charge on any atom is 0.0611 e. The molecule has 3 N–H and O–H groups in total. The van der Waals surface area contributed by atoms with Crippen molar-refractivity contribution in [3.05, 3.63) is 0 Å². The molecule has 0 heterocycles. The summed E-state index contributed by atoms with van der Waals surface area (Å²) >= 11 is 0. The zero-order valence-electron chi connectivity index (χ0n) is 8.21. The molecule has 1 rings (SSSR count). The highest BCUT2D eigenvalue weighted by Crippen LogP contribution is 2.33. The summed E-state index contributed by atoms with van der Waals surface area (Å²) in [5, 5.41) is 9.09. The van der Waals surface area contributed by atoms with E-state index in [-0.39, 0.29) is 12.1 Å². The van der Waals surface area contributed by atoms with Crippen molar-refractivity contribution >= 4 is 0 Å². The topological polar surface area (TPSA) is 46.2 Å². The van der Waals surface area contributed by atoms with Crippen molar-refractivity contribution in [1.82, 2.24) is 0 Å². The molecule has 2 nitrogen and oxygen atoms in total. The predicted octanol–water partition coefficient (Wildman–Crippen LogP) is 1.52. The van der Waals surface area contributed by atoms with Crippen molar-refractivity contribution in [1.29, 1.82) is 0 Å². The Morgan fingerprint density at radius 3 is 2.25 bits per heavy atom. The van der Waals surface area contributed by atoms with E-state index in [1.165, 1.54) is 25.7 Å². The summed E-state index contributed by atoms with van der Waals surface area (Å²) in [7, 11) is 0. The average Bonchev–Trinajstić information content (AvgIpc) is 2.05. The Morgan fingerprint density at radius 1 is 1.33 bits per heavy atom. The van der Waals surface area contributed by atoms with Crippen molar-refractivity contribution in [2.75, 3.05) is 6.61 Å². The fraction of sp³-hybridized carbons (Fsp3) is 1.00. The van der Waals surface area contributed by atoms with E-state index in [2.05, 4.69) is 6.92 Å². The molecule has 0 spiro atoms. The maximum absolute atomic E-state index is 9.09. The van der Waals surface area contributed by atoms with Gasteiger partial charge in [-0.25, -0.2) is 0 Å². The van der Waals surface area contributed by atoms with Crippen molar-refractivity contribution < 1.29 is 5.11 Å². The van der Waals surface area contributed by atoms with Crippen LogP contribution in [0.15, 0.2) is 0 Å². The summed E-state index contributed by atoms with van der Waals surface area (Å²) < 4.78 is 0. The molecular weight excluding hydrogens is 150 g/mol. The van der Waals surface area contributed by atoms with Crippen LogP contribution in [0.5, 0.6) is 0 Å². The molecule has 12 heavy (non-hydrogen) atoms. The highest BCUT2D eigenvalue weighted by molar-refractivity contribution is 4.88. The van der Waals surface area contributed by atoms with Gasteiger partial charge >= 0.3 is 0 Å². The quantitative estimate of drug-likeness (QED) is 0.661. The highest BCUT2D eigenvalue weighted by Gasteiger charge is 2.31. The second-order valence-corrected chi connectivity index (χ2v) is 4.62. The van der Waals surface area contributed by atoms with Crippen LogP contribution in [-0.2, 0) is 0 Å². The molecule has 1 fully saturated rings. The van der Waals surface area contributed by atoms with E-state index in [9.17, 15) is 0 Å². The molecule has 2 heteroatoms. The first-order chi connectivity index (χ1) is 5.56. The van der Waals surface area contributed by atoms with Crippen molar-refractivity contribution in [2.24, 2.45) is 17.6 Å². The molecule has 0 aliphatic heterocycles. The van der Waals surface area contributed by atoms with Crippen molar-refractivity contribution in [3.8, 4) is 0 Å². The fourth-order valence-corrected chi connectivity index (χ4v) is 2.05. The summed E-state index contributed by atoms with van der Waals surface area (Å²) in [5.74, 6) is 1.38. The van der Waals surface area contributed by atoms with Crippen LogP contribution >= 0.6 is 0 Å². The molecule has 0 amide bonds. The SMILES string of the molecule is CC1CCC(C(C)(N)CO)CC1. The van der Waals surface area contributed by atoms with Crippen LogP contribution in [-0.4, -0.2) is 17.3 Å². The standard InChI is InChI=1S/C10H21NO/c1-8-3-5-9(6-4-8)10(2,11)7-12/h8-9,12H,3-7,11H2,1-2H3. The van der Waals surface area contributed by atoms with E-state index in [0.29, 0.717) is 5.92 Å². The van der Waals surface area contributed by atoms with Crippen LogP contribution in [0.2, 0.25) is 0 Å². The van der Waals surface area contributed by atoms with E-state index in [1.807, 2.05) is 6.92 Å². The van der Waals surface area contributed by atoms with Gasteiger partial charge in [0.2, 0.25) is 0 Å². The first-order valence-electron chi connectivity index (χ1n) is 4.96. The second-order valence-electron chi connectivity index (χ2n) is 4.62. The van der Waals surface area contributed by atoms with Gasteiger partial charge < -0.3 is 10.8 Å². The average molecular weight is 171 g/mol. The largest absolute Gasteiger partial charge is 0.394 e. The molecule has 0 saturated heterocycles. The van der Waals surface area contributed by atoms with E-state index in [0.717, 1.165) is 5.92 Å². The Kier molecular flexibility index (Phi) is 3.13. The van der Waals surface area contributed by atoms with Gasteiger partial charge in [-0.2, -0.15) is 0 Å². The minimum atomic E-state index is -0.347. The van der Waals surface area contributed by atoms with Crippen LogP contribution in [0.25, 0.3) is 0 Å². The van der Waals surface area contributed by atoms with Crippen LogP contribution in [0.1, 0.15) is 39.5 Å². The molecule has 1 unspecified atom stereocenters. The molecule has 0 radical (unpaired) electrons. The van der Waals surface area contributed by atoms with Crippen LogP contribution in [0, 0.1) is 11.8 Å². The summed E-state index contributed by atoms with van der Waals surface area (Å²) in [6.07, 6.45) is 4.93. The lowest BCUT2D eigenvalue weighted by Crippen LogP contribution is -2.48. The van der Waals surface area contributed by atoms with Crippen molar-refractivity contribution in [2.45, 2.75) is 45.1 Å². The molecule has 1 aliphatic carbocycles. The van der Waals surface area contributed by atoms with Gasteiger partial charge in [-0.3, -0.25) is 0 Å². The summed E-state index contributed by atoms with van der Waals surface area (Å²) in [4.78, 5) is 0. The normalized spacial score (nSPS) is 36.0. The lowest BCUT2D eigenvalue weighted by molar-refractivity contribution is 0.117. The van der Waals surface area contributed by atoms with Gasteiger partial charge in [0.05, 0.1) is 6.61 Å². The third kappa shape index (κ3) is 2.20. The molecule has 0 aromatic carbocycles. The Morgan fingerprint density at radius 2 is 1.83 bits per heavy atom. The number of aliphatic hydroxyl groups is 1. The Bertz CT molecular complexity index is 137. The third-order valence-corrected chi connectivity index (χ3v) is 3.29. The highest BCUT2D eigenvalue weighted by atomic mass is 16.3. The Balaban J connectivity index is 2.44. The molecular formula is C10H21NO. The van der Waals surface area contributed by atoms with Crippen molar-refractivity contribution in [3.63, 3.8) is 0 Å². The monoisotopic (exact) mass is 171 g/mol. The molecule has 72 valence electrons. The number of rotatable bonds is 2. The number of hydrogen-bond donors (Lipinski definition) is 2. The smallest absolute Gasteiger partial charge is 0.0611 e. The van der Waals surface area contributed by atoms with Gasteiger partial charge in [-0.1, -0.05) is 19.8 Å². The Hall–Kier alpha value is -0.0800.